The van der Waals surface area contributed by atoms with Gasteiger partial charge in [-0.15, -0.1) is 0 Å². The van der Waals surface area contributed by atoms with Crippen molar-refractivity contribution >= 4 is 17.9 Å². The van der Waals surface area contributed by atoms with Gasteiger partial charge in [-0.3, -0.25) is 14.4 Å². The van der Waals surface area contributed by atoms with Crippen LogP contribution in [0, 0.1) is 0 Å². The van der Waals surface area contributed by atoms with Crippen LogP contribution in [-0.4, -0.2) is 37.2 Å². The highest BCUT2D eigenvalue weighted by Gasteiger charge is 2.19. The Kier molecular flexibility index (Phi) is 49.4. The van der Waals surface area contributed by atoms with Crippen molar-refractivity contribution in [1.29, 1.82) is 0 Å². The molecule has 0 aromatic heterocycles. The highest BCUT2D eigenvalue weighted by Crippen LogP contribution is 2.14. The fraction of sp³-hybridized carbons (Fsp3) is 0.707. The third-order valence-corrected chi connectivity index (χ3v) is 11.2. The molecule has 0 fully saturated rings. The quantitative estimate of drug-likeness (QED) is 0.0199. The van der Waals surface area contributed by atoms with E-state index in [2.05, 4.69) is 106 Å². The first kappa shape index (κ1) is 60.6. The topological polar surface area (TPSA) is 78.9 Å². The van der Waals surface area contributed by atoms with E-state index in [4.69, 9.17) is 14.2 Å². The van der Waals surface area contributed by atoms with Crippen LogP contribution in [-0.2, 0) is 28.6 Å². The molecular weight excluding hydrogens is 793 g/mol. The fourth-order valence-electron chi connectivity index (χ4n) is 7.17. The van der Waals surface area contributed by atoms with Crippen LogP contribution in [0.2, 0.25) is 0 Å². The summed E-state index contributed by atoms with van der Waals surface area (Å²) in [5, 5.41) is 0. The van der Waals surface area contributed by atoms with Crippen molar-refractivity contribution in [2.24, 2.45) is 0 Å². The van der Waals surface area contributed by atoms with Crippen molar-refractivity contribution in [3.05, 3.63) is 85.1 Å². The van der Waals surface area contributed by atoms with Gasteiger partial charge in [0.1, 0.15) is 13.2 Å². The Hall–Kier alpha value is -3.41. The van der Waals surface area contributed by atoms with Gasteiger partial charge in [-0.25, -0.2) is 0 Å². The molecule has 1 atom stereocenters. The molecule has 0 spiro atoms. The van der Waals surface area contributed by atoms with Crippen molar-refractivity contribution in [3.8, 4) is 0 Å². The average molecular weight is 891 g/mol. The maximum Gasteiger partial charge on any atom is 0.306 e. The minimum atomic E-state index is -0.802. The number of carbonyl (C=O) groups is 3. The highest BCUT2D eigenvalue weighted by molar-refractivity contribution is 5.71. The van der Waals surface area contributed by atoms with Crippen LogP contribution in [0.1, 0.15) is 245 Å². The van der Waals surface area contributed by atoms with Crippen LogP contribution in [0.15, 0.2) is 85.1 Å². The Balaban J connectivity index is 4.46. The molecule has 0 aliphatic rings. The van der Waals surface area contributed by atoms with Crippen molar-refractivity contribution in [2.45, 2.75) is 252 Å². The van der Waals surface area contributed by atoms with Gasteiger partial charge in [0, 0.05) is 19.3 Å². The SMILES string of the molecule is CC/C=C/C=C/C=C/CCCCCCCC(=O)OCC(COC(=O)CCCCCCCCC/C=C/C/C=C/CCCCC)OC(=O)CCCCC/C=C/C=C/CCCCCCCCC. The van der Waals surface area contributed by atoms with Crippen LogP contribution in [0.3, 0.4) is 0 Å². The Bertz CT molecular complexity index is 1250. The zero-order valence-corrected chi connectivity index (χ0v) is 41.8. The number of allylic oxidation sites excluding steroid dienone is 14. The molecule has 0 aliphatic carbocycles. The second kappa shape index (κ2) is 52.2. The van der Waals surface area contributed by atoms with Gasteiger partial charge in [0.2, 0.25) is 0 Å². The third-order valence-electron chi connectivity index (χ3n) is 11.2. The number of hydrogen-bond donors (Lipinski definition) is 0. The molecule has 0 aliphatic heterocycles. The number of esters is 3. The van der Waals surface area contributed by atoms with Gasteiger partial charge in [0.25, 0.3) is 0 Å². The van der Waals surface area contributed by atoms with E-state index in [0.717, 1.165) is 109 Å². The molecular formula is C58H98O6. The lowest BCUT2D eigenvalue weighted by Crippen LogP contribution is -2.30. The molecule has 0 aromatic carbocycles. The lowest BCUT2D eigenvalue weighted by Gasteiger charge is -2.18. The minimum absolute atomic E-state index is 0.0987. The molecule has 0 saturated carbocycles. The first-order valence-electron chi connectivity index (χ1n) is 26.6. The normalized spacial score (nSPS) is 12.7. The van der Waals surface area contributed by atoms with Gasteiger partial charge < -0.3 is 14.2 Å². The molecule has 6 nitrogen and oxygen atoms in total. The van der Waals surface area contributed by atoms with Gasteiger partial charge in [-0.05, 0) is 96.3 Å². The molecule has 0 radical (unpaired) electrons. The fourth-order valence-corrected chi connectivity index (χ4v) is 7.17. The Morgan fingerprint density at radius 2 is 0.672 bits per heavy atom. The summed E-state index contributed by atoms with van der Waals surface area (Å²) in [4.78, 5) is 38.0. The van der Waals surface area contributed by atoms with Gasteiger partial charge >= 0.3 is 17.9 Å². The van der Waals surface area contributed by atoms with Crippen molar-refractivity contribution < 1.29 is 28.6 Å². The Morgan fingerprint density at radius 1 is 0.344 bits per heavy atom. The van der Waals surface area contributed by atoms with Crippen LogP contribution in [0.5, 0.6) is 0 Å². The van der Waals surface area contributed by atoms with Crippen molar-refractivity contribution in [3.63, 3.8) is 0 Å². The largest absolute Gasteiger partial charge is 0.462 e. The molecule has 64 heavy (non-hydrogen) atoms. The summed E-state index contributed by atoms with van der Waals surface area (Å²) < 4.78 is 16.8. The summed E-state index contributed by atoms with van der Waals surface area (Å²) in [5.74, 6) is -0.953. The van der Waals surface area contributed by atoms with Crippen LogP contribution >= 0.6 is 0 Å². The zero-order chi connectivity index (χ0) is 46.5. The number of rotatable bonds is 47. The molecule has 0 amide bonds. The lowest BCUT2D eigenvalue weighted by atomic mass is 10.1. The van der Waals surface area contributed by atoms with E-state index in [-0.39, 0.29) is 37.5 Å². The predicted octanol–water partition coefficient (Wildman–Crippen LogP) is 17.6. The minimum Gasteiger partial charge on any atom is -0.462 e. The lowest BCUT2D eigenvalue weighted by molar-refractivity contribution is -0.167. The number of carbonyl (C=O) groups excluding carboxylic acids is 3. The summed E-state index contributed by atoms with van der Waals surface area (Å²) in [6.07, 6.45) is 67.1. The van der Waals surface area contributed by atoms with Gasteiger partial charge in [-0.2, -0.15) is 0 Å². The highest BCUT2D eigenvalue weighted by atomic mass is 16.6. The van der Waals surface area contributed by atoms with Crippen LogP contribution in [0.25, 0.3) is 0 Å². The molecule has 0 aromatic rings. The van der Waals surface area contributed by atoms with E-state index in [9.17, 15) is 14.4 Å². The number of unbranched alkanes of at least 4 members (excludes halogenated alkanes) is 25. The Labute approximate surface area is 395 Å². The second-order valence-corrected chi connectivity index (χ2v) is 17.5. The van der Waals surface area contributed by atoms with Crippen molar-refractivity contribution in [1.82, 2.24) is 0 Å². The summed E-state index contributed by atoms with van der Waals surface area (Å²) in [5.41, 5.74) is 0. The van der Waals surface area contributed by atoms with E-state index in [1.54, 1.807) is 0 Å². The number of ether oxygens (including phenoxy) is 3. The average Bonchev–Trinajstić information content (AvgIpc) is 3.29. The van der Waals surface area contributed by atoms with E-state index in [1.807, 2.05) is 0 Å². The summed E-state index contributed by atoms with van der Waals surface area (Å²) in [7, 11) is 0. The van der Waals surface area contributed by atoms with E-state index in [0.29, 0.717) is 12.8 Å². The van der Waals surface area contributed by atoms with Gasteiger partial charge in [-0.1, -0.05) is 215 Å². The van der Waals surface area contributed by atoms with E-state index in [1.165, 1.54) is 96.3 Å². The standard InChI is InChI=1S/C58H98O6/c1-4-7-10-13-16-19-22-25-27-29-31-33-36-39-42-45-48-51-57(60)63-54-55(53-62-56(59)50-47-44-41-38-35-32-24-21-18-15-12-9-6-3)64-58(61)52-49-46-43-40-37-34-30-28-26-23-20-17-14-11-8-5-2/h9,12,15-16,18-19,21,24-25,27-28,30,34,37,55H,4-8,10-11,13-14,17,20,22-23,26,29,31-33,35-36,38-54H2,1-3H3/b12-9+,18-15+,19-16+,24-21+,27-25+,30-28+,37-34+. The monoisotopic (exact) mass is 891 g/mol. The molecule has 0 saturated heterocycles. The van der Waals surface area contributed by atoms with E-state index < -0.39 is 6.10 Å². The van der Waals surface area contributed by atoms with Gasteiger partial charge in [0.15, 0.2) is 6.10 Å². The molecule has 366 valence electrons. The summed E-state index contributed by atoms with van der Waals surface area (Å²) in [6, 6.07) is 0. The van der Waals surface area contributed by atoms with Crippen LogP contribution < -0.4 is 0 Å². The van der Waals surface area contributed by atoms with Crippen LogP contribution in [0.4, 0.5) is 0 Å². The van der Waals surface area contributed by atoms with Gasteiger partial charge in [0.05, 0.1) is 0 Å². The third kappa shape index (κ3) is 49.6. The summed E-state index contributed by atoms with van der Waals surface area (Å²) >= 11 is 0. The van der Waals surface area contributed by atoms with E-state index >= 15 is 0 Å². The molecule has 1 unspecified atom stereocenters. The first-order chi connectivity index (χ1) is 31.5. The maximum atomic E-state index is 12.8. The maximum absolute atomic E-state index is 12.8. The predicted molar refractivity (Wildman–Crippen MR) is 274 cm³/mol. The molecule has 0 bridgehead atoms. The smallest absolute Gasteiger partial charge is 0.306 e. The molecule has 0 N–H and O–H groups in total. The first-order valence-corrected chi connectivity index (χ1v) is 26.6. The zero-order valence-electron chi connectivity index (χ0n) is 41.8. The van der Waals surface area contributed by atoms with Crippen molar-refractivity contribution in [2.75, 3.05) is 13.2 Å². The molecule has 6 heteroatoms. The molecule has 0 rings (SSSR count). The number of hydrogen-bond acceptors (Lipinski definition) is 6. The molecule has 0 heterocycles. The second-order valence-electron chi connectivity index (χ2n) is 17.5. The summed E-state index contributed by atoms with van der Waals surface area (Å²) in [6.45, 7) is 6.43. The Morgan fingerprint density at radius 3 is 1.12 bits per heavy atom.